The molecule has 0 bridgehead atoms. The Balaban J connectivity index is 2.50. The Morgan fingerprint density at radius 2 is 1.91 bits per heavy atom. The molecule has 0 unspecified atom stereocenters. The summed E-state index contributed by atoms with van der Waals surface area (Å²) in [6.45, 7) is 12.8. The van der Waals surface area contributed by atoms with Crippen molar-refractivity contribution < 1.29 is 9.84 Å². The van der Waals surface area contributed by atoms with Gasteiger partial charge in [0.2, 0.25) is 0 Å². The molecular weight excluding hydrogens is 288 g/mol. The van der Waals surface area contributed by atoms with E-state index in [2.05, 4.69) is 56.1 Å². The highest BCUT2D eigenvalue weighted by molar-refractivity contribution is 5.41. The quantitative estimate of drug-likeness (QED) is 0.846. The van der Waals surface area contributed by atoms with Crippen molar-refractivity contribution >= 4 is 0 Å². The topological polar surface area (TPSA) is 44.7 Å². The monoisotopic (exact) mass is 320 g/mol. The van der Waals surface area contributed by atoms with Crippen LogP contribution in [0.15, 0.2) is 18.2 Å². The maximum Gasteiger partial charge on any atom is 0.123 e. The second-order valence-electron chi connectivity index (χ2n) is 7.49. The number of methoxy groups -OCH3 is 1. The fourth-order valence-corrected chi connectivity index (χ4v) is 3.46. The number of rotatable bonds is 6. The van der Waals surface area contributed by atoms with Gasteiger partial charge in [0.25, 0.3) is 0 Å². The summed E-state index contributed by atoms with van der Waals surface area (Å²) in [4.78, 5) is 2.48. The molecule has 130 valence electrons. The van der Waals surface area contributed by atoms with Crippen LogP contribution >= 0.6 is 0 Å². The predicted octanol–water partition coefficient (Wildman–Crippen LogP) is 2.78. The molecule has 23 heavy (non-hydrogen) atoms. The number of benzene rings is 1. The minimum Gasteiger partial charge on any atom is -0.496 e. The Morgan fingerprint density at radius 1 is 1.26 bits per heavy atom. The molecule has 1 fully saturated rings. The first-order chi connectivity index (χ1) is 10.9. The van der Waals surface area contributed by atoms with Crippen molar-refractivity contribution in [3.05, 3.63) is 29.3 Å². The van der Waals surface area contributed by atoms with Gasteiger partial charge in [-0.15, -0.1) is 0 Å². The van der Waals surface area contributed by atoms with Crippen LogP contribution in [0.5, 0.6) is 5.75 Å². The molecule has 0 saturated carbocycles. The molecule has 1 aromatic rings. The van der Waals surface area contributed by atoms with Gasteiger partial charge in [-0.3, -0.25) is 4.90 Å². The van der Waals surface area contributed by atoms with Gasteiger partial charge < -0.3 is 15.2 Å². The maximum atomic E-state index is 10.0. The summed E-state index contributed by atoms with van der Waals surface area (Å²) in [5, 5.41) is 13.4. The lowest BCUT2D eigenvalue weighted by molar-refractivity contribution is 0.0292. The first kappa shape index (κ1) is 18.2. The van der Waals surface area contributed by atoms with Crippen LogP contribution in [0.1, 0.15) is 50.8 Å². The molecule has 0 aromatic heterocycles. The van der Waals surface area contributed by atoms with Crippen molar-refractivity contribution in [1.29, 1.82) is 0 Å². The van der Waals surface area contributed by atoms with Crippen LogP contribution in [0.4, 0.5) is 0 Å². The normalized spacial score (nSPS) is 18.2. The van der Waals surface area contributed by atoms with Crippen molar-refractivity contribution in [2.75, 3.05) is 39.9 Å². The van der Waals surface area contributed by atoms with Gasteiger partial charge in [0.1, 0.15) is 5.75 Å². The van der Waals surface area contributed by atoms with Gasteiger partial charge in [-0.1, -0.05) is 39.8 Å². The molecule has 1 aromatic carbocycles. The highest BCUT2D eigenvalue weighted by Crippen LogP contribution is 2.43. The number of piperazine rings is 1. The van der Waals surface area contributed by atoms with Crippen LogP contribution in [0.25, 0.3) is 0 Å². The summed E-state index contributed by atoms with van der Waals surface area (Å²) in [6.07, 6.45) is 0. The lowest BCUT2D eigenvalue weighted by Crippen LogP contribution is -2.49. The average Bonchev–Trinajstić information content (AvgIpc) is 2.55. The molecular formula is C19H32N2O2. The highest BCUT2D eigenvalue weighted by atomic mass is 16.5. The van der Waals surface area contributed by atoms with Crippen LogP contribution in [0.2, 0.25) is 0 Å². The van der Waals surface area contributed by atoms with Crippen LogP contribution in [0.3, 0.4) is 0 Å². The number of aliphatic hydroxyl groups is 1. The molecule has 1 atom stereocenters. The summed E-state index contributed by atoms with van der Waals surface area (Å²) < 4.78 is 5.67. The standard InChI is InChI=1S/C19H32N2O2/c1-14(2)15-6-7-17(23-5)16(12-15)18(19(3,4)13-22)21-10-8-20-9-11-21/h6-7,12,14,18,20,22H,8-11,13H2,1-5H3/t18-/m1/s1. The van der Waals surface area contributed by atoms with Crippen molar-refractivity contribution in [2.24, 2.45) is 5.41 Å². The Kier molecular flexibility index (Phi) is 6.06. The third kappa shape index (κ3) is 4.06. The van der Waals surface area contributed by atoms with Crippen molar-refractivity contribution in [3.63, 3.8) is 0 Å². The fourth-order valence-electron chi connectivity index (χ4n) is 3.46. The third-order valence-electron chi connectivity index (χ3n) is 4.88. The zero-order valence-corrected chi connectivity index (χ0v) is 15.2. The Bertz CT molecular complexity index is 508. The van der Waals surface area contributed by atoms with Crippen LogP contribution in [-0.4, -0.2) is 49.9 Å². The molecule has 2 rings (SSSR count). The molecule has 4 nitrogen and oxygen atoms in total. The lowest BCUT2D eigenvalue weighted by atomic mass is 9.78. The van der Waals surface area contributed by atoms with E-state index in [1.54, 1.807) is 7.11 Å². The van der Waals surface area contributed by atoms with Crippen LogP contribution < -0.4 is 10.1 Å². The molecule has 1 saturated heterocycles. The number of ether oxygens (including phenoxy) is 1. The molecule has 4 heteroatoms. The van der Waals surface area contributed by atoms with E-state index < -0.39 is 0 Å². The molecule has 0 amide bonds. The van der Waals surface area contributed by atoms with E-state index in [1.165, 1.54) is 11.1 Å². The Hall–Kier alpha value is -1.10. The van der Waals surface area contributed by atoms with Gasteiger partial charge in [0.05, 0.1) is 7.11 Å². The Morgan fingerprint density at radius 3 is 2.43 bits per heavy atom. The summed E-state index contributed by atoms with van der Waals surface area (Å²) in [5.41, 5.74) is 2.27. The van der Waals surface area contributed by atoms with E-state index in [0.717, 1.165) is 31.9 Å². The van der Waals surface area contributed by atoms with Crippen molar-refractivity contribution in [2.45, 2.75) is 39.7 Å². The first-order valence-electron chi connectivity index (χ1n) is 8.64. The van der Waals surface area contributed by atoms with Crippen molar-refractivity contribution in [1.82, 2.24) is 10.2 Å². The smallest absolute Gasteiger partial charge is 0.123 e. The minimum absolute atomic E-state index is 0.142. The molecule has 0 spiro atoms. The Labute approximate surface area is 140 Å². The summed E-state index contributed by atoms with van der Waals surface area (Å²) >= 11 is 0. The highest BCUT2D eigenvalue weighted by Gasteiger charge is 2.37. The molecule has 0 radical (unpaired) electrons. The number of aliphatic hydroxyl groups excluding tert-OH is 1. The molecule has 1 aliphatic rings. The van der Waals surface area contributed by atoms with E-state index in [1.807, 2.05) is 0 Å². The summed E-state index contributed by atoms with van der Waals surface area (Å²) in [6, 6.07) is 6.64. The van der Waals surface area contributed by atoms with Gasteiger partial charge in [-0.2, -0.15) is 0 Å². The predicted molar refractivity (Wildman–Crippen MR) is 95.1 cm³/mol. The van der Waals surface area contributed by atoms with Gasteiger partial charge in [-0.05, 0) is 17.5 Å². The van der Waals surface area contributed by atoms with Crippen molar-refractivity contribution in [3.8, 4) is 5.75 Å². The van der Waals surface area contributed by atoms with Gasteiger partial charge in [-0.25, -0.2) is 0 Å². The summed E-state index contributed by atoms with van der Waals surface area (Å²) in [7, 11) is 1.73. The van der Waals surface area contributed by atoms with E-state index >= 15 is 0 Å². The largest absolute Gasteiger partial charge is 0.496 e. The first-order valence-corrected chi connectivity index (χ1v) is 8.64. The molecule has 0 aliphatic carbocycles. The van der Waals surface area contributed by atoms with E-state index in [9.17, 15) is 5.11 Å². The summed E-state index contributed by atoms with van der Waals surface area (Å²) in [5.74, 6) is 1.39. The second kappa shape index (κ2) is 7.65. The maximum absolute atomic E-state index is 10.0. The number of nitrogens with one attached hydrogen (secondary N) is 1. The second-order valence-corrected chi connectivity index (χ2v) is 7.49. The average molecular weight is 320 g/mol. The van der Waals surface area contributed by atoms with Gasteiger partial charge in [0, 0.05) is 49.8 Å². The van der Waals surface area contributed by atoms with E-state index in [0.29, 0.717) is 5.92 Å². The molecule has 1 aliphatic heterocycles. The minimum atomic E-state index is -0.236. The molecule has 2 N–H and O–H groups in total. The lowest BCUT2D eigenvalue weighted by Gasteiger charge is -2.44. The number of hydrogen-bond donors (Lipinski definition) is 2. The van der Waals surface area contributed by atoms with Crippen LogP contribution in [-0.2, 0) is 0 Å². The number of nitrogens with zero attached hydrogens (tertiary/aromatic N) is 1. The van der Waals surface area contributed by atoms with Gasteiger partial charge in [0.15, 0.2) is 0 Å². The van der Waals surface area contributed by atoms with Gasteiger partial charge >= 0.3 is 0 Å². The zero-order valence-electron chi connectivity index (χ0n) is 15.2. The number of hydrogen-bond acceptors (Lipinski definition) is 4. The SMILES string of the molecule is COc1ccc(C(C)C)cc1[C@@H](N1CCNCC1)C(C)(C)CO. The third-order valence-corrected chi connectivity index (χ3v) is 4.88. The van der Waals surface area contributed by atoms with E-state index in [-0.39, 0.29) is 18.1 Å². The molecule has 1 heterocycles. The van der Waals surface area contributed by atoms with Crippen LogP contribution in [0, 0.1) is 5.41 Å². The fraction of sp³-hybridized carbons (Fsp3) is 0.684. The van der Waals surface area contributed by atoms with E-state index in [4.69, 9.17) is 4.74 Å². The zero-order chi connectivity index (χ0) is 17.0.